The van der Waals surface area contributed by atoms with Gasteiger partial charge in [-0.15, -0.1) is 0 Å². The molecule has 5 heteroatoms. The fourth-order valence-corrected chi connectivity index (χ4v) is 4.17. The highest BCUT2D eigenvalue weighted by molar-refractivity contribution is 7.79. The summed E-state index contributed by atoms with van der Waals surface area (Å²) in [7, 11) is 0. The molecule has 1 aromatic rings. The monoisotopic (exact) mass is 381 g/mol. The summed E-state index contributed by atoms with van der Waals surface area (Å²) >= 11 is -2.12. The molecule has 1 atom stereocenters. The number of hydrogen-bond acceptors (Lipinski definition) is 4. The Morgan fingerprint density at radius 2 is 1.69 bits per heavy atom. The molecule has 4 nitrogen and oxygen atoms in total. The summed E-state index contributed by atoms with van der Waals surface area (Å²) < 4.78 is 22.2. The first-order valence-electron chi connectivity index (χ1n) is 10.3. The number of benzene rings is 1. The molecule has 26 heavy (non-hydrogen) atoms. The van der Waals surface area contributed by atoms with Gasteiger partial charge in [0.15, 0.2) is 0 Å². The average molecular weight is 382 g/mol. The van der Waals surface area contributed by atoms with Gasteiger partial charge in [-0.3, -0.25) is 4.21 Å². The van der Waals surface area contributed by atoms with Gasteiger partial charge in [0.25, 0.3) is 0 Å². The van der Waals surface area contributed by atoms with Crippen LogP contribution in [0.4, 0.5) is 0 Å². The molecule has 2 aliphatic rings. The molecule has 0 radical (unpaired) electrons. The second-order valence-electron chi connectivity index (χ2n) is 6.58. The van der Waals surface area contributed by atoms with Gasteiger partial charge in [0.05, 0.1) is 0 Å². The van der Waals surface area contributed by atoms with Gasteiger partial charge in [-0.2, -0.15) is 0 Å². The van der Waals surface area contributed by atoms with Gasteiger partial charge in [-0.25, -0.2) is 0 Å². The second-order valence-corrected chi connectivity index (χ2v) is 7.52. The van der Waals surface area contributed by atoms with Crippen LogP contribution >= 0.6 is 0 Å². The summed E-state index contributed by atoms with van der Waals surface area (Å²) in [5, 5.41) is 3.43. The number of nitrogens with one attached hydrogen (secondary N) is 1. The van der Waals surface area contributed by atoms with Crippen LogP contribution in [0.25, 0.3) is 0 Å². The fraction of sp³-hybridized carbons (Fsp3) is 0.714. The maximum atomic E-state index is 11.1. The molecular weight excluding hydrogens is 344 g/mol. The summed E-state index contributed by atoms with van der Waals surface area (Å²) in [6.45, 7) is 13.8. The highest BCUT2D eigenvalue weighted by Crippen LogP contribution is 2.29. The van der Waals surface area contributed by atoms with E-state index in [0.717, 1.165) is 31.8 Å². The molecule has 1 N–H and O–H groups in total. The van der Waals surface area contributed by atoms with Crippen LogP contribution in [0.3, 0.4) is 0 Å². The van der Waals surface area contributed by atoms with Crippen LogP contribution in [0.15, 0.2) is 29.2 Å². The van der Waals surface area contributed by atoms with Crippen LogP contribution in [0.2, 0.25) is 0 Å². The van der Waals surface area contributed by atoms with E-state index >= 15 is 0 Å². The van der Waals surface area contributed by atoms with Gasteiger partial charge in [0.2, 0.25) is 0 Å². The Morgan fingerprint density at radius 1 is 1.08 bits per heavy atom. The SMILES string of the molecule is CC.CC.O=S([O-])c1cccc(C2CCN(CC3CCNCC3)CC2)c1. The molecule has 1 aromatic carbocycles. The molecule has 1 unspecified atom stereocenters. The lowest BCUT2D eigenvalue weighted by Gasteiger charge is -2.35. The third kappa shape index (κ3) is 7.47. The minimum atomic E-state index is -2.12. The van der Waals surface area contributed by atoms with Crippen molar-refractivity contribution in [2.45, 2.75) is 64.2 Å². The molecule has 0 saturated carbocycles. The van der Waals surface area contributed by atoms with Gasteiger partial charge in [0, 0.05) is 11.4 Å². The second kappa shape index (κ2) is 13.4. The first kappa shape index (κ1) is 23.3. The zero-order valence-electron chi connectivity index (χ0n) is 17.0. The molecule has 0 amide bonds. The summed E-state index contributed by atoms with van der Waals surface area (Å²) in [4.78, 5) is 3.01. The number of nitrogens with zero attached hydrogens (tertiary/aromatic N) is 1. The Hall–Kier alpha value is -0.750. The molecule has 150 valence electrons. The Bertz CT molecular complexity index is 510. The fourth-order valence-electron chi connectivity index (χ4n) is 3.75. The summed E-state index contributed by atoms with van der Waals surface area (Å²) in [6.07, 6.45) is 4.88. The Morgan fingerprint density at radius 3 is 2.27 bits per heavy atom. The van der Waals surface area contributed by atoms with E-state index in [1.54, 1.807) is 6.07 Å². The van der Waals surface area contributed by atoms with Crippen molar-refractivity contribution in [3.8, 4) is 0 Å². The lowest BCUT2D eigenvalue weighted by atomic mass is 9.88. The molecule has 0 bridgehead atoms. The molecule has 2 saturated heterocycles. The smallest absolute Gasteiger partial charge is 0.0251 e. The predicted octanol–water partition coefficient (Wildman–Crippen LogP) is 4.16. The molecule has 0 aromatic heterocycles. The van der Waals surface area contributed by atoms with E-state index < -0.39 is 11.1 Å². The minimum absolute atomic E-state index is 0.412. The van der Waals surface area contributed by atoms with Crippen molar-refractivity contribution in [2.24, 2.45) is 5.92 Å². The van der Waals surface area contributed by atoms with Crippen molar-refractivity contribution in [1.82, 2.24) is 10.2 Å². The van der Waals surface area contributed by atoms with Crippen molar-refractivity contribution in [3.63, 3.8) is 0 Å². The molecule has 0 spiro atoms. The molecule has 2 heterocycles. The van der Waals surface area contributed by atoms with Gasteiger partial charge < -0.3 is 14.8 Å². The van der Waals surface area contributed by atoms with Crippen molar-refractivity contribution in [2.75, 3.05) is 32.7 Å². The number of rotatable bonds is 4. The molecule has 2 aliphatic heterocycles. The van der Waals surface area contributed by atoms with Crippen LogP contribution in [-0.4, -0.2) is 46.4 Å². The number of likely N-dealkylation sites (tertiary alicyclic amines) is 1. The first-order chi connectivity index (χ1) is 12.7. The van der Waals surface area contributed by atoms with E-state index in [4.69, 9.17) is 0 Å². The molecule has 2 fully saturated rings. The Labute approximate surface area is 163 Å². The third-order valence-corrected chi connectivity index (χ3v) is 5.72. The topological polar surface area (TPSA) is 55.4 Å². The normalized spacial score (nSPS) is 20.3. The van der Waals surface area contributed by atoms with Crippen molar-refractivity contribution in [1.29, 1.82) is 0 Å². The average Bonchev–Trinajstić information content (AvgIpc) is 2.72. The van der Waals surface area contributed by atoms with E-state index in [-0.39, 0.29) is 0 Å². The lowest BCUT2D eigenvalue weighted by molar-refractivity contribution is 0.167. The minimum Gasteiger partial charge on any atom is -0.768 e. The van der Waals surface area contributed by atoms with E-state index in [9.17, 15) is 8.76 Å². The Kier molecular flexibility index (Phi) is 12.0. The van der Waals surface area contributed by atoms with Crippen LogP contribution in [0, 0.1) is 5.92 Å². The van der Waals surface area contributed by atoms with Gasteiger partial charge in [-0.05, 0) is 92.5 Å². The molecular formula is C21H37N2O2S-. The van der Waals surface area contributed by atoms with E-state index in [1.165, 1.54) is 38.0 Å². The molecule has 0 aliphatic carbocycles. The Balaban J connectivity index is 0.000000791. The maximum Gasteiger partial charge on any atom is 0.0251 e. The highest BCUT2D eigenvalue weighted by atomic mass is 32.2. The predicted molar refractivity (Wildman–Crippen MR) is 110 cm³/mol. The van der Waals surface area contributed by atoms with Crippen LogP contribution in [0.1, 0.15) is 64.9 Å². The van der Waals surface area contributed by atoms with Crippen molar-refractivity contribution in [3.05, 3.63) is 29.8 Å². The van der Waals surface area contributed by atoms with Gasteiger partial charge in [0.1, 0.15) is 0 Å². The third-order valence-electron chi connectivity index (χ3n) is 5.08. The summed E-state index contributed by atoms with van der Waals surface area (Å²) in [5.74, 6) is 1.36. The van der Waals surface area contributed by atoms with Crippen LogP contribution < -0.4 is 5.32 Å². The highest BCUT2D eigenvalue weighted by Gasteiger charge is 2.23. The zero-order chi connectivity index (χ0) is 19.4. The summed E-state index contributed by atoms with van der Waals surface area (Å²) in [5.41, 5.74) is 1.18. The maximum absolute atomic E-state index is 11.1. The lowest BCUT2D eigenvalue weighted by Crippen LogP contribution is -2.39. The first-order valence-corrected chi connectivity index (χ1v) is 11.4. The van der Waals surface area contributed by atoms with Crippen molar-refractivity contribution >= 4 is 11.1 Å². The van der Waals surface area contributed by atoms with Crippen LogP contribution in [0.5, 0.6) is 0 Å². The van der Waals surface area contributed by atoms with Gasteiger partial charge >= 0.3 is 0 Å². The van der Waals surface area contributed by atoms with E-state index in [0.29, 0.717) is 10.8 Å². The van der Waals surface area contributed by atoms with Gasteiger partial charge in [-0.1, -0.05) is 39.8 Å². The van der Waals surface area contributed by atoms with Crippen molar-refractivity contribution < 1.29 is 8.76 Å². The summed E-state index contributed by atoms with van der Waals surface area (Å²) in [6, 6.07) is 7.44. The standard InChI is InChI=1S/C17H26N2O2S.2C2H6/c20-22(21)17-3-1-2-16(12-17)15-6-10-19(11-7-15)13-14-4-8-18-9-5-14;2*1-2/h1-3,12,14-15,18H,4-11,13H2,(H,20,21);2*1-2H3/p-1. The van der Waals surface area contributed by atoms with E-state index in [2.05, 4.69) is 16.3 Å². The van der Waals surface area contributed by atoms with Crippen LogP contribution in [-0.2, 0) is 11.1 Å². The zero-order valence-corrected chi connectivity index (χ0v) is 17.8. The molecule has 3 rings (SSSR count). The van der Waals surface area contributed by atoms with E-state index in [1.807, 2.05) is 39.8 Å². The quantitative estimate of drug-likeness (QED) is 0.796. The number of piperidine rings is 2. The largest absolute Gasteiger partial charge is 0.768 e. The number of hydrogen-bond donors (Lipinski definition) is 1.